The first kappa shape index (κ1) is 27.5. The number of halogens is 1. The minimum absolute atomic E-state index is 0.00939. The van der Waals surface area contributed by atoms with Crippen molar-refractivity contribution in [2.24, 2.45) is 0 Å². The molecular weight excluding hydrogens is 541 g/mol. The van der Waals surface area contributed by atoms with Crippen molar-refractivity contribution in [1.82, 2.24) is 10.2 Å². The monoisotopic (exact) mass is 565 g/mol. The normalized spacial score (nSPS) is 12.7. The molecule has 0 bridgehead atoms. The van der Waals surface area contributed by atoms with E-state index in [-0.39, 0.29) is 24.1 Å². The Labute approximate surface area is 240 Å². The van der Waals surface area contributed by atoms with E-state index < -0.39 is 17.6 Å². The Morgan fingerprint density at radius 2 is 1.39 bits per heavy atom. The second-order valence-electron chi connectivity index (χ2n) is 9.06. The molecule has 0 unspecified atom stereocenters. The summed E-state index contributed by atoms with van der Waals surface area (Å²) in [5, 5.41) is 5.43. The summed E-state index contributed by atoms with van der Waals surface area (Å²) in [5.74, 6) is -1.49. The molecule has 204 valence electrons. The lowest BCUT2D eigenvalue weighted by atomic mass is 10.1. The Hall–Kier alpha value is -5.02. The maximum absolute atomic E-state index is 13.4. The number of carbonyl (C=O) groups excluding carboxylic acids is 4. The number of amides is 4. The average molecular weight is 566 g/mol. The van der Waals surface area contributed by atoms with E-state index >= 15 is 0 Å². The summed E-state index contributed by atoms with van der Waals surface area (Å²) in [4.78, 5) is 53.1. The fourth-order valence-electron chi connectivity index (χ4n) is 4.20. The Morgan fingerprint density at radius 3 is 2.02 bits per heavy atom. The van der Waals surface area contributed by atoms with E-state index in [4.69, 9.17) is 0 Å². The second kappa shape index (κ2) is 12.4. The molecule has 0 aromatic heterocycles. The summed E-state index contributed by atoms with van der Waals surface area (Å²) in [6.45, 7) is 0.272. The van der Waals surface area contributed by atoms with Crippen molar-refractivity contribution in [3.63, 3.8) is 0 Å². The lowest BCUT2D eigenvalue weighted by molar-refractivity contribution is -0.113. The zero-order valence-corrected chi connectivity index (χ0v) is 22.5. The van der Waals surface area contributed by atoms with Crippen LogP contribution in [-0.4, -0.2) is 40.8 Å². The molecule has 0 fully saturated rings. The minimum Gasteiger partial charge on any atom is -0.321 e. The second-order valence-corrected chi connectivity index (χ2v) is 10.2. The quantitative estimate of drug-likeness (QED) is 0.156. The number of rotatable bonds is 9. The molecule has 5 rings (SSSR count). The number of hydrogen-bond donors (Lipinski definition) is 2. The number of benzene rings is 4. The van der Waals surface area contributed by atoms with Crippen molar-refractivity contribution in [3.05, 3.63) is 137 Å². The van der Waals surface area contributed by atoms with Gasteiger partial charge in [0.1, 0.15) is 11.5 Å². The third-order valence-corrected chi connectivity index (χ3v) is 7.28. The van der Waals surface area contributed by atoms with Gasteiger partial charge < -0.3 is 10.6 Å². The molecule has 7 nitrogen and oxygen atoms in total. The highest BCUT2D eigenvalue weighted by Gasteiger charge is 2.34. The van der Waals surface area contributed by atoms with Crippen molar-refractivity contribution in [2.75, 3.05) is 17.6 Å². The standard InChI is InChI=1S/C32H24FN3O4S/c33-23-12-10-21(11-13-23)20-28(35-29(37)22-6-2-1-3-7-22)30(38)34-24-14-16-25(17-15-24)41-19-18-36-31(39)26-8-4-5-9-27(26)32(36)40/h1-17,20H,18-19H2,(H,34,38)(H,35,37)/b28-20-. The Kier molecular flexibility index (Phi) is 8.36. The molecule has 0 atom stereocenters. The lowest BCUT2D eigenvalue weighted by Gasteiger charge is -2.14. The van der Waals surface area contributed by atoms with Crippen molar-refractivity contribution >= 4 is 47.2 Å². The molecular formula is C32H24FN3O4S. The molecule has 4 aromatic carbocycles. The summed E-state index contributed by atoms with van der Waals surface area (Å²) < 4.78 is 13.4. The number of fused-ring (bicyclic) bond motifs is 1. The van der Waals surface area contributed by atoms with Crippen LogP contribution in [0.4, 0.5) is 10.1 Å². The van der Waals surface area contributed by atoms with Gasteiger partial charge in [0, 0.05) is 28.4 Å². The van der Waals surface area contributed by atoms with Gasteiger partial charge in [0.05, 0.1) is 11.1 Å². The predicted octanol–water partition coefficient (Wildman–Crippen LogP) is 5.62. The average Bonchev–Trinajstić information content (AvgIpc) is 3.24. The molecule has 1 heterocycles. The molecule has 1 aliphatic heterocycles. The Morgan fingerprint density at radius 1 is 0.780 bits per heavy atom. The fourth-order valence-corrected chi connectivity index (χ4v) is 5.04. The van der Waals surface area contributed by atoms with Crippen molar-refractivity contribution in [2.45, 2.75) is 4.90 Å². The molecule has 1 aliphatic rings. The summed E-state index contributed by atoms with van der Waals surface area (Å²) in [5.41, 5.74) is 2.26. The Bertz CT molecular complexity index is 1600. The first-order chi connectivity index (χ1) is 19.9. The maximum atomic E-state index is 13.4. The molecule has 9 heteroatoms. The summed E-state index contributed by atoms with van der Waals surface area (Å²) in [6.07, 6.45) is 1.47. The first-order valence-corrected chi connectivity index (χ1v) is 13.7. The van der Waals surface area contributed by atoms with Crippen LogP contribution in [-0.2, 0) is 4.79 Å². The van der Waals surface area contributed by atoms with Crippen LogP contribution in [0.5, 0.6) is 0 Å². The van der Waals surface area contributed by atoms with Gasteiger partial charge in [0.2, 0.25) is 0 Å². The van der Waals surface area contributed by atoms with E-state index in [0.717, 1.165) is 4.90 Å². The molecule has 0 aliphatic carbocycles. The van der Waals surface area contributed by atoms with E-state index in [2.05, 4.69) is 10.6 Å². The number of nitrogens with one attached hydrogen (secondary N) is 2. The summed E-state index contributed by atoms with van der Waals surface area (Å²) in [6, 6.07) is 27.9. The summed E-state index contributed by atoms with van der Waals surface area (Å²) in [7, 11) is 0. The SMILES string of the molecule is O=C(Nc1ccc(SCCN2C(=O)c3ccccc3C2=O)cc1)/C(=C/c1ccc(F)cc1)NC(=O)c1ccccc1. The third kappa shape index (κ3) is 6.59. The molecule has 0 radical (unpaired) electrons. The van der Waals surface area contributed by atoms with Gasteiger partial charge in [0.15, 0.2) is 0 Å². The molecule has 41 heavy (non-hydrogen) atoms. The van der Waals surface area contributed by atoms with Gasteiger partial charge in [0.25, 0.3) is 23.6 Å². The number of imide groups is 1. The lowest BCUT2D eigenvalue weighted by Crippen LogP contribution is -2.31. The van der Waals surface area contributed by atoms with Crippen molar-refractivity contribution in [3.8, 4) is 0 Å². The highest BCUT2D eigenvalue weighted by atomic mass is 32.2. The molecule has 4 amide bonds. The van der Waals surface area contributed by atoms with Crippen LogP contribution in [0.25, 0.3) is 6.08 Å². The van der Waals surface area contributed by atoms with E-state index in [0.29, 0.717) is 33.7 Å². The minimum atomic E-state index is -0.551. The smallest absolute Gasteiger partial charge is 0.272 e. The number of anilines is 1. The van der Waals surface area contributed by atoms with Gasteiger partial charge in [-0.2, -0.15) is 0 Å². The number of thioether (sulfide) groups is 1. The van der Waals surface area contributed by atoms with Crippen LogP contribution in [0, 0.1) is 5.82 Å². The molecule has 0 spiro atoms. The van der Waals surface area contributed by atoms with Crippen LogP contribution in [0.2, 0.25) is 0 Å². The highest BCUT2D eigenvalue weighted by molar-refractivity contribution is 7.99. The maximum Gasteiger partial charge on any atom is 0.272 e. The first-order valence-electron chi connectivity index (χ1n) is 12.7. The topological polar surface area (TPSA) is 95.6 Å². The van der Waals surface area contributed by atoms with Gasteiger partial charge in [-0.25, -0.2) is 4.39 Å². The van der Waals surface area contributed by atoms with Gasteiger partial charge in [-0.15, -0.1) is 11.8 Å². The zero-order chi connectivity index (χ0) is 28.8. The van der Waals surface area contributed by atoms with Crippen molar-refractivity contribution in [1.29, 1.82) is 0 Å². The highest BCUT2D eigenvalue weighted by Crippen LogP contribution is 2.25. The number of nitrogens with zero attached hydrogens (tertiary/aromatic N) is 1. The molecule has 2 N–H and O–H groups in total. The molecule has 4 aromatic rings. The third-order valence-electron chi connectivity index (χ3n) is 6.28. The fraction of sp³-hybridized carbons (Fsp3) is 0.0625. The van der Waals surface area contributed by atoms with Crippen LogP contribution in [0.1, 0.15) is 36.6 Å². The van der Waals surface area contributed by atoms with Gasteiger partial charge in [-0.05, 0) is 72.3 Å². The van der Waals surface area contributed by atoms with E-state index in [1.165, 1.54) is 47.0 Å². The molecule has 0 saturated heterocycles. The van der Waals surface area contributed by atoms with Crippen LogP contribution in [0.3, 0.4) is 0 Å². The van der Waals surface area contributed by atoms with E-state index in [9.17, 15) is 23.6 Å². The zero-order valence-electron chi connectivity index (χ0n) is 21.7. The van der Waals surface area contributed by atoms with E-state index in [1.807, 2.05) is 12.1 Å². The number of hydrogen-bond acceptors (Lipinski definition) is 5. The van der Waals surface area contributed by atoms with Gasteiger partial charge in [-0.3, -0.25) is 24.1 Å². The van der Waals surface area contributed by atoms with Crippen LogP contribution in [0.15, 0.2) is 114 Å². The van der Waals surface area contributed by atoms with Gasteiger partial charge >= 0.3 is 0 Å². The predicted molar refractivity (Wildman–Crippen MR) is 156 cm³/mol. The largest absolute Gasteiger partial charge is 0.321 e. The van der Waals surface area contributed by atoms with E-state index in [1.54, 1.807) is 66.7 Å². The molecule has 0 saturated carbocycles. The van der Waals surface area contributed by atoms with Crippen LogP contribution < -0.4 is 10.6 Å². The summed E-state index contributed by atoms with van der Waals surface area (Å²) >= 11 is 1.48. The number of carbonyl (C=O) groups is 4. The Balaban J connectivity index is 1.21. The van der Waals surface area contributed by atoms with Crippen LogP contribution >= 0.6 is 11.8 Å². The van der Waals surface area contributed by atoms with Crippen molar-refractivity contribution < 1.29 is 23.6 Å². The van der Waals surface area contributed by atoms with Gasteiger partial charge in [-0.1, -0.05) is 42.5 Å².